The van der Waals surface area contributed by atoms with Crippen LogP contribution in [-0.4, -0.2) is 44.1 Å². The number of alkyl halides is 3. The van der Waals surface area contributed by atoms with E-state index in [2.05, 4.69) is 4.98 Å². The molecule has 0 radical (unpaired) electrons. The molecule has 0 saturated carbocycles. The first-order chi connectivity index (χ1) is 9.81. The Hall–Kier alpha value is -2.13. The molecule has 1 aromatic carbocycles. The van der Waals surface area contributed by atoms with Crippen molar-refractivity contribution in [2.45, 2.75) is 12.2 Å². The highest BCUT2D eigenvalue weighted by molar-refractivity contribution is 6.01. The molecule has 0 bridgehead atoms. The summed E-state index contributed by atoms with van der Waals surface area (Å²) in [6, 6.07) is 2.39. The number of para-hydroxylation sites is 1. The van der Waals surface area contributed by atoms with Gasteiger partial charge in [0.25, 0.3) is 0 Å². The number of nitrogens with zero attached hydrogens (tertiary/aromatic N) is 2. The molecular weight excluding hydrogens is 293 g/mol. The third-order valence-corrected chi connectivity index (χ3v) is 2.99. The summed E-state index contributed by atoms with van der Waals surface area (Å²) in [5, 5.41) is 27.3. The van der Waals surface area contributed by atoms with Gasteiger partial charge in [-0.3, -0.25) is 0 Å². The Morgan fingerprint density at radius 1 is 1.29 bits per heavy atom. The number of imidazole rings is 1. The van der Waals surface area contributed by atoms with Crippen LogP contribution in [0.3, 0.4) is 0 Å². The number of carbonyl (C=O) groups is 1. The van der Waals surface area contributed by atoms with Gasteiger partial charge < -0.3 is 19.9 Å². The van der Waals surface area contributed by atoms with Gasteiger partial charge in [-0.15, -0.1) is 0 Å². The number of carboxylic acids is 1. The Morgan fingerprint density at radius 2 is 1.90 bits per heavy atom. The van der Waals surface area contributed by atoms with E-state index in [1.807, 2.05) is 0 Å². The molecule has 1 aromatic heterocycles. The molecule has 6 nitrogen and oxygen atoms in total. The number of hydrogen-bond donors (Lipinski definition) is 3. The number of halogens is 3. The molecule has 0 spiro atoms. The van der Waals surface area contributed by atoms with Crippen LogP contribution in [0.4, 0.5) is 13.2 Å². The SMILES string of the molecule is O=C(O)c1cccc2c1nc(C(F)(F)F)n2C(CO)CO. The molecule has 0 aliphatic carbocycles. The Balaban J connectivity index is 2.85. The van der Waals surface area contributed by atoms with Crippen molar-refractivity contribution < 1.29 is 33.3 Å². The first-order valence-corrected chi connectivity index (χ1v) is 5.84. The smallest absolute Gasteiger partial charge is 0.449 e. The lowest BCUT2D eigenvalue weighted by Gasteiger charge is -2.18. The van der Waals surface area contributed by atoms with E-state index in [0.29, 0.717) is 4.57 Å². The monoisotopic (exact) mass is 304 g/mol. The summed E-state index contributed by atoms with van der Waals surface area (Å²) in [7, 11) is 0. The van der Waals surface area contributed by atoms with Crippen molar-refractivity contribution in [1.82, 2.24) is 9.55 Å². The van der Waals surface area contributed by atoms with Crippen molar-refractivity contribution >= 4 is 17.0 Å². The number of fused-ring (bicyclic) bond motifs is 1. The van der Waals surface area contributed by atoms with E-state index in [1.54, 1.807) is 0 Å². The summed E-state index contributed by atoms with van der Waals surface area (Å²) < 4.78 is 39.8. The lowest BCUT2D eigenvalue weighted by atomic mass is 10.2. The fourth-order valence-electron chi connectivity index (χ4n) is 2.08. The van der Waals surface area contributed by atoms with Crippen molar-refractivity contribution in [1.29, 1.82) is 0 Å². The van der Waals surface area contributed by atoms with E-state index < -0.39 is 37.2 Å². The highest BCUT2D eigenvalue weighted by Gasteiger charge is 2.39. The lowest BCUT2D eigenvalue weighted by Crippen LogP contribution is -2.23. The molecule has 0 aliphatic rings. The minimum Gasteiger partial charge on any atom is -0.478 e. The number of rotatable bonds is 4. The summed E-state index contributed by atoms with van der Waals surface area (Å²) in [5.74, 6) is -2.78. The van der Waals surface area contributed by atoms with Crippen LogP contribution in [0.1, 0.15) is 22.2 Å². The molecule has 0 aliphatic heterocycles. The van der Waals surface area contributed by atoms with E-state index in [4.69, 9.17) is 15.3 Å². The molecule has 9 heteroatoms. The molecular formula is C12H11F3N2O4. The fourth-order valence-corrected chi connectivity index (χ4v) is 2.08. The van der Waals surface area contributed by atoms with Crippen molar-refractivity contribution in [3.63, 3.8) is 0 Å². The van der Waals surface area contributed by atoms with Crippen LogP contribution in [0.15, 0.2) is 18.2 Å². The van der Waals surface area contributed by atoms with E-state index in [-0.39, 0.29) is 16.6 Å². The molecule has 1 heterocycles. The van der Waals surface area contributed by atoms with Gasteiger partial charge in [0, 0.05) is 0 Å². The third kappa shape index (κ3) is 2.57. The quantitative estimate of drug-likeness (QED) is 0.791. The van der Waals surface area contributed by atoms with Gasteiger partial charge in [-0.1, -0.05) is 6.07 Å². The highest BCUT2D eigenvalue weighted by atomic mass is 19.4. The Morgan fingerprint density at radius 3 is 2.38 bits per heavy atom. The number of carboxylic acid groups (broad SMARTS) is 1. The van der Waals surface area contributed by atoms with Crippen LogP contribution < -0.4 is 0 Å². The summed E-state index contributed by atoms with van der Waals surface area (Å²) >= 11 is 0. The minimum absolute atomic E-state index is 0.115. The maximum absolute atomic E-state index is 13.1. The first kappa shape index (κ1) is 15.3. The maximum Gasteiger partial charge on any atom is 0.449 e. The fraction of sp³-hybridized carbons (Fsp3) is 0.333. The summed E-state index contributed by atoms with van der Waals surface area (Å²) in [4.78, 5) is 14.4. The largest absolute Gasteiger partial charge is 0.478 e. The molecule has 3 N–H and O–H groups in total. The average molecular weight is 304 g/mol. The average Bonchev–Trinajstić information content (AvgIpc) is 2.79. The normalized spacial score (nSPS) is 12.3. The Kier molecular flexibility index (Phi) is 3.88. The van der Waals surface area contributed by atoms with Gasteiger partial charge in [0.05, 0.1) is 30.3 Å². The van der Waals surface area contributed by atoms with Gasteiger partial charge in [-0.05, 0) is 12.1 Å². The number of aliphatic hydroxyl groups is 2. The molecule has 0 atom stereocenters. The predicted molar refractivity (Wildman–Crippen MR) is 64.9 cm³/mol. The van der Waals surface area contributed by atoms with Gasteiger partial charge in [-0.25, -0.2) is 9.78 Å². The predicted octanol–water partition coefficient (Wildman–Crippen LogP) is 1.28. The molecule has 2 rings (SSSR count). The number of aromatic carboxylic acids is 1. The maximum atomic E-state index is 13.1. The van der Waals surface area contributed by atoms with Crippen molar-refractivity contribution in [2.75, 3.05) is 13.2 Å². The lowest BCUT2D eigenvalue weighted by molar-refractivity contribution is -0.148. The van der Waals surface area contributed by atoms with Crippen LogP contribution in [-0.2, 0) is 6.18 Å². The van der Waals surface area contributed by atoms with Gasteiger partial charge in [0.15, 0.2) is 0 Å². The van der Waals surface area contributed by atoms with Crippen LogP contribution >= 0.6 is 0 Å². The van der Waals surface area contributed by atoms with E-state index in [9.17, 15) is 18.0 Å². The third-order valence-electron chi connectivity index (χ3n) is 2.99. The van der Waals surface area contributed by atoms with Gasteiger partial charge in [0.2, 0.25) is 5.82 Å². The second-order valence-corrected chi connectivity index (χ2v) is 4.30. The van der Waals surface area contributed by atoms with Crippen LogP contribution in [0.25, 0.3) is 11.0 Å². The minimum atomic E-state index is -4.85. The molecule has 0 saturated heterocycles. The zero-order chi connectivity index (χ0) is 15.8. The van der Waals surface area contributed by atoms with Gasteiger partial charge >= 0.3 is 12.1 Å². The van der Waals surface area contributed by atoms with Gasteiger partial charge in [-0.2, -0.15) is 13.2 Å². The molecule has 0 amide bonds. The van der Waals surface area contributed by atoms with Crippen molar-refractivity contribution in [2.24, 2.45) is 0 Å². The highest BCUT2D eigenvalue weighted by Crippen LogP contribution is 2.34. The first-order valence-electron chi connectivity index (χ1n) is 5.84. The second-order valence-electron chi connectivity index (χ2n) is 4.30. The Bertz CT molecular complexity index is 677. The van der Waals surface area contributed by atoms with Crippen LogP contribution in [0, 0.1) is 0 Å². The Labute approximate surface area is 116 Å². The molecule has 21 heavy (non-hydrogen) atoms. The second kappa shape index (κ2) is 5.34. The standard InChI is InChI=1S/C12H11F3N2O4/c13-12(14,15)11-16-9-7(10(20)21)2-1-3-8(9)17(11)6(4-18)5-19/h1-3,6,18-19H,4-5H2,(H,20,21). The molecule has 0 fully saturated rings. The zero-order valence-corrected chi connectivity index (χ0v) is 10.5. The van der Waals surface area contributed by atoms with E-state index in [0.717, 1.165) is 6.07 Å². The zero-order valence-electron chi connectivity index (χ0n) is 10.5. The van der Waals surface area contributed by atoms with Crippen molar-refractivity contribution in [3.05, 3.63) is 29.6 Å². The van der Waals surface area contributed by atoms with Crippen LogP contribution in [0.5, 0.6) is 0 Å². The van der Waals surface area contributed by atoms with Crippen LogP contribution in [0.2, 0.25) is 0 Å². The topological polar surface area (TPSA) is 95.6 Å². The number of aliphatic hydroxyl groups excluding tert-OH is 2. The number of hydrogen-bond acceptors (Lipinski definition) is 4. The summed E-state index contributed by atoms with van der Waals surface area (Å²) in [5.41, 5.74) is -0.842. The van der Waals surface area contributed by atoms with Crippen molar-refractivity contribution in [3.8, 4) is 0 Å². The molecule has 0 unspecified atom stereocenters. The summed E-state index contributed by atoms with van der Waals surface area (Å²) in [6.07, 6.45) is -4.85. The summed E-state index contributed by atoms with van der Waals surface area (Å²) in [6.45, 7) is -1.50. The van der Waals surface area contributed by atoms with Gasteiger partial charge in [0.1, 0.15) is 5.52 Å². The molecule has 114 valence electrons. The van der Waals surface area contributed by atoms with E-state index in [1.165, 1.54) is 12.1 Å². The van der Waals surface area contributed by atoms with E-state index >= 15 is 0 Å². The number of benzene rings is 1. The molecule has 2 aromatic rings. The number of aromatic nitrogens is 2.